The molecule has 1 aliphatic heterocycles. The van der Waals surface area contributed by atoms with Crippen molar-refractivity contribution in [1.29, 1.82) is 0 Å². The molecule has 6 heteroatoms. The molecule has 0 bridgehead atoms. The number of halogens is 4. The maximum atomic E-state index is 13.4. The summed E-state index contributed by atoms with van der Waals surface area (Å²) in [4.78, 5) is 0. The number of rotatable bonds is 1. The average Bonchev–Trinajstić information content (AvgIpc) is 2.28. The number of benzene rings is 1. The van der Waals surface area contributed by atoms with Crippen molar-refractivity contribution in [2.24, 2.45) is 0 Å². The molecule has 0 unspecified atom stereocenters. The summed E-state index contributed by atoms with van der Waals surface area (Å²) in [5.74, 6) is -5.41. The molecule has 2 N–H and O–H groups in total. The largest absolute Gasteiger partial charge is 0.314 e. The van der Waals surface area contributed by atoms with E-state index in [9.17, 15) is 17.6 Å². The quantitative estimate of drug-likeness (QED) is 0.568. The van der Waals surface area contributed by atoms with Gasteiger partial charge in [0.2, 0.25) is 0 Å². The van der Waals surface area contributed by atoms with Crippen molar-refractivity contribution in [2.45, 2.75) is 6.04 Å². The lowest BCUT2D eigenvalue weighted by Gasteiger charge is -2.25. The summed E-state index contributed by atoms with van der Waals surface area (Å²) in [5.41, 5.74) is -0.579. The van der Waals surface area contributed by atoms with E-state index in [0.717, 1.165) is 0 Å². The van der Waals surface area contributed by atoms with E-state index in [0.29, 0.717) is 13.1 Å². The lowest BCUT2D eigenvalue weighted by atomic mass is 10.0. The molecule has 0 aromatic heterocycles. The molecule has 1 aromatic rings. The Morgan fingerprint density at radius 3 is 2.12 bits per heavy atom. The Morgan fingerprint density at radius 2 is 1.62 bits per heavy atom. The molecular formula is C10H10F4N2. The minimum Gasteiger partial charge on any atom is -0.314 e. The lowest BCUT2D eigenvalue weighted by molar-refractivity contribution is 0.374. The van der Waals surface area contributed by atoms with Crippen LogP contribution in [0.5, 0.6) is 0 Å². The molecule has 1 aliphatic rings. The van der Waals surface area contributed by atoms with Crippen LogP contribution in [0.2, 0.25) is 0 Å². The predicted octanol–water partition coefficient (Wildman–Crippen LogP) is 1.48. The summed E-state index contributed by atoms with van der Waals surface area (Å²) in [7, 11) is 0. The van der Waals surface area contributed by atoms with Gasteiger partial charge in [0.1, 0.15) is 0 Å². The van der Waals surface area contributed by atoms with Crippen LogP contribution in [0.15, 0.2) is 6.07 Å². The first-order chi connectivity index (χ1) is 7.61. The second kappa shape index (κ2) is 4.39. The van der Waals surface area contributed by atoms with E-state index in [4.69, 9.17) is 0 Å². The summed E-state index contributed by atoms with van der Waals surface area (Å²) in [5, 5.41) is 5.68. The normalized spacial score (nSPS) is 21.1. The van der Waals surface area contributed by atoms with Crippen molar-refractivity contribution >= 4 is 0 Å². The standard InChI is InChI=1S/C10H10F4N2/c11-5-3-6(12)10(14)8(9(5)13)7-4-15-1-2-16-7/h3,7,15-16H,1-2,4H2/t7-/m0/s1. The van der Waals surface area contributed by atoms with Gasteiger partial charge in [-0.2, -0.15) is 0 Å². The van der Waals surface area contributed by atoms with E-state index in [1.807, 2.05) is 0 Å². The van der Waals surface area contributed by atoms with Crippen molar-refractivity contribution in [3.8, 4) is 0 Å². The Bertz CT molecular complexity index is 376. The van der Waals surface area contributed by atoms with Crippen molar-refractivity contribution in [3.05, 3.63) is 34.9 Å². The Balaban J connectivity index is 2.45. The molecule has 16 heavy (non-hydrogen) atoms. The van der Waals surface area contributed by atoms with Gasteiger partial charge in [0, 0.05) is 31.3 Å². The molecule has 1 atom stereocenters. The molecule has 0 spiro atoms. The van der Waals surface area contributed by atoms with Gasteiger partial charge in [-0.1, -0.05) is 0 Å². The van der Waals surface area contributed by atoms with Gasteiger partial charge in [-0.25, -0.2) is 17.6 Å². The smallest absolute Gasteiger partial charge is 0.166 e. The van der Waals surface area contributed by atoms with Crippen LogP contribution >= 0.6 is 0 Å². The maximum Gasteiger partial charge on any atom is 0.166 e. The van der Waals surface area contributed by atoms with Crippen LogP contribution in [0, 0.1) is 23.3 Å². The molecule has 1 saturated heterocycles. The number of hydrogen-bond donors (Lipinski definition) is 2. The number of piperazine rings is 1. The summed E-state index contributed by atoms with van der Waals surface area (Å²) in [6, 6.07) is -0.538. The Morgan fingerprint density at radius 1 is 1.00 bits per heavy atom. The van der Waals surface area contributed by atoms with Gasteiger partial charge in [0.25, 0.3) is 0 Å². The fourth-order valence-corrected chi connectivity index (χ4v) is 1.76. The molecule has 0 amide bonds. The fraction of sp³-hybridized carbons (Fsp3) is 0.400. The first-order valence-electron chi connectivity index (χ1n) is 4.88. The van der Waals surface area contributed by atoms with Crippen LogP contribution in [-0.2, 0) is 0 Å². The van der Waals surface area contributed by atoms with Crippen molar-refractivity contribution < 1.29 is 17.6 Å². The van der Waals surface area contributed by atoms with Crippen molar-refractivity contribution in [1.82, 2.24) is 10.6 Å². The molecule has 88 valence electrons. The van der Waals surface area contributed by atoms with Gasteiger partial charge in [0.05, 0.1) is 6.04 Å². The lowest BCUT2D eigenvalue weighted by Crippen LogP contribution is -2.43. The molecule has 2 rings (SSSR count). The highest BCUT2D eigenvalue weighted by molar-refractivity contribution is 5.26. The van der Waals surface area contributed by atoms with Crippen LogP contribution in [-0.4, -0.2) is 19.6 Å². The Hall–Kier alpha value is -1.14. The maximum absolute atomic E-state index is 13.4. The highest BCUT2D eigenvalue weighted by Gasteiger charge is 2.26. The molecule has 1 aromatic carbocycles. The third-order valence-electron chi connectivity index (χ3n) is 2.54. The van der Waals surface area contributed by atoms with Crippen LogP contribution < -0.4 is 10.6 Å². The molecule has 0 saturated carbocycles. The average molecular weight is 234 g/mol. The zero-order valence-corrected chi connectivity index (χ0v) is 8.29. The van der Waals surface area contributed by atoms with Crippen molar-refractivity contribution in [2.75, 3.05) is 19.6 Å². The topological polar surface area (TPSA) is 24.1 Å². The van der Waals surface area contributed by atoms with E-state index in [-0.39, 0.29) is 12.6 Å². The van der Waals surface area contributed by atoms with Crippen LogP contribution in [0.4, 0.5) is 17.6 Å². The fourth-order valence-electron chi connectivity index (χ4n) is 1.76. The summed E-state index contributed by atoms with van der Waals surface area (Å²) < 4.78 is 52.6. The van der Waals surface area contributed by atoms with Gasteiger partial charge >= 0.3 is 0 Å². The van der Waals surface area contributed by atoms with Crippen molar-refractivity contribution in [3.63, 3.8) is 0 Å². The minimum atomic E-state index is -1.37. The molecular weight excluding hydrogens is 224 g/mol. The number of nitrogens with one attached hydrogen (secondary N) is 2. The van der Waals surface area contributed by atoms with E-state index in [1.165, 1.54) is 0 Å². The van der Waals surface area contributed by atoms with Gasteiger partial charge < -0.3 is 10.6 Å². The zero-order chi connectivity index (χ0) is 11.7. The van der Waals surface area contributed by atoms with Crippen LogP contribution in [0.1, 0.15) is 11.6 Å². The highest BCUT2D eigenvalue weighted by atomic mass is 19.2. The SMILES string of the molecule is Fc1cc(F)c(F)c([C@@H]2CNCCN2)c1F. The highest BCUT2D eigenvalue weighted by Crippen LogP contribution is 2.25. The van der Waals surface area contributed by atoms with E-state index in [2.05, 4.69) is 10.6 Å². The second-order valence-corrected chi connectivity index (χ2v) is 3.59. The first kappa shape index (κ1) is 11.3. The monoisotopic (exact) mass is 234 g/mol. The molecule has 2 nitrogen and oxygen atoms in total. The summed E-state index contributed by atoms with van der Waals surface area (Å²) in [6.45, 7) is 1.37. The Labute approximate surface area is 89.6 Å². The van der Waals surface area contributed by atoms with Gasteiger partial charge in [-0.05, 0) is 0 Å². The number of hydrogen-bond acceptors (Lipinski definition) is 2. The minimum absolute atomic E-state index is 0.213. The third-order valence-corrected chi connectivity index (χ3v) is 2.54. The van der Waals surface area contributed by atoms with E-state index in [1.54, 1.807) is 0 Å². The third kappa shape index (κ3) is 1.90. The first-order valence-corrected chi connectivity index (χ1v) is 4.88. The summed E-state index contributed by atoms with van der Waals surface area (Å²) >= 11 is 0. The van der Waals surface area contributed by atoms with E-state index >= 15 is 0 Å². The molecule has 0 aliphatic carbocycles. The predicted molar refractivity (Wildman–Crippen MR) is 49.9 cm³/mol. The molecule has 1 fully saturated rings. The van der Waals surface area contributed by atoms with Gasteiger partial charge in [0.15, 0.2) is 23.3 Å². The van der Waals surface area contributed by atoms with Gasteiger partial charge in [-0.15, -0.1) is 0 Å². The van der Waals surface area contributed by atoms with Crippen LogP contribution in [0.3, 0.4) is 0 Å². The molecule has 1 heterocycles. The Kier molecular flexibility index (Phi) is 3.11. The van der Waals surface area contributed by atoms with Gasteiger partial charge in [-0.3, -0.25) is 0 Å². The van der Waals surface area contributed by atoms with E-state index < -0.39 is 34.9 Å². The van der Waals surface area contributed by atoms with Crippen LogP contribution in [0.25, 0.3) is 0 Å². The molecule has 0 radical (unpaired) electrons. The zero-order valence-electron chi connectivity index (χ0n) is 8.29. The second-order valence-electron chi connectivity index (χ2n) is 3.59. The summed E-state index contributed by atoms with van der Waals surface area (Å²) in [6.07, 6.45) is 0.